The van der Waals surface area contributed by atoms with E-state index in [9.17, 15) is 4.21 Å². The van der Waals surface area contributed by atoms with Crippen molar-refractivity contribution in [2.75, 3.05) is 20.2 Å². The van der Waals surface area contributed by atoms with Crippen molar-refractivity contribution in [3.8, 4) is 5.75 Å². The topological polar surface area (TPSA) is 29.5 Å². The normalized spacial score (nSPS) is 20.0. The third-order valence-electron chi connectivity index (χ3n) is 6.83. The van der Waals surface area contributed by atoms with Gasteiger partial charge >= 0.3 is 0 Å². The number of ether oxygens (including phenoxy) is 1. The fourth-order valence-corrected chi connectivity index (χ4v) is 5.96. The van der Waals surface area contributed by atoms with E-state index in [0.717, 1.165) is 21.6 Å². The van der Waals surface area contributed by atoms with Crippen molar-refractivity contribution in [3.63, 3.8) is 0 Å². The van der Waals surface area contributed by atoms with Crippen LogP contribution in [0.15, 0.2) is 64.9 Å². The first kappa shape index (κ1) is 21.3. The van der Waals surface area contributed by atoms with Gasteiger partial charge in [-0.05, 0) is 92.2 Å². The van der Waals surface area contributed by atoms with Crippen molar-refractivity contribution in [3.05, 3.63) is 60.7 Å². The average Bonchev–Trinajstić information content (AvgIpc) is 2.84. The molecule has 0 unspecified atom stereocenters. The molecule has 2 aliphatic rings. The van der Waals surface area contributed by atoms with E-state index in [4.69, 9.17) is 4.74 Å². The van der Waals surface area contributed by atoms with Gasteiger partial charge in [-0.15, -0.1) is 0 Å². The predicted octanol–water partition coefficient (Wildman–Crippen LogP) is 5.92. The predicted molar refractivity (Wildman–Crippen MR) is 124 cm³/mol. The van der Waals surface area contributed by atoms with Gasteiger partial charge in [0, 0.05) is 15.8 Å². The van der Waals surface area contributed by atoms with Crippen LogP contribution < -0.4 is 4.74 Å². The van der Waals surface area contributed by atoms with Crippen LogP contribution in [0.3, 0.4) is 0 Å². The molecular weight excluding hydrogens is 390 g/mol. The Morgan fingerprint density at radius 3 is 2.03 bits per heavy atom. The summed E-state index contributed by atoms with van der Waals surface area (Å²) < 4.78 is 18.0. The summed E-state index contributed by atoms with van der Waals surface area (Å²) in [5, 5.41) is 0. The molecule has 1 aliphatic carbocycles. The van der Waals surface area contributed by atoms with Gasteiger partial charge in [-0.3, -0.25) is 0 Å². The first-order valence-electron chi connectivity index (χ1n) is 11.2. The number of rotatable bonds is 6. The second-order valence-corrected chi connectivity index (χ2v) is 10.1. The lowest BCUT2D eigenvalue weighted by molar-refractivity contribution is 0.119. The molecule has 0 amide bonds. The molecule has 0 aromatic heterocycles. The Labute approximate surface area is 183 Å². The molecule has 4 rings (SSSR count). The van der Waals surface area contributed by atoms with E-state index in [-0.39, 0.29) is 0 Å². The zero-order chi connectivity index (χ0) is 20.9. The number of likely N-dealkylation sites (tertiary alicyclic amines) is 1. The number of piperidine rings is 1. The minimum absolute atomic E-state index is 0.558. The molecule has 1 saturated heterocycles. The molecule has 0 bridgehead atoms. The van der Waals surface area contributed by atoms with E-state index in [2.05, 4.69) is 23.6 Å². The lowest BCUT2D eigenvalue weighted by atomic mass is 9.84. The summed E-state index contributed by atoms with van der Waals surface area (Å²) in [4.78, 5) is 4.34. The van der Waals surface area contributed by atoms with Gasteiger partial charge in [0.05, 0.1) is 17.9 Å². The number of benzene rings is 2. The van der Waals surface area contributed by atoms with E-state index >= 15 is 0 Å². The Hall–Kier alpha value is -1.91. The second kappa shape index (κ2) is 9.93. The van der Waals surface area contributed by atoms with Gasteiger partial charge in [0.1, 0.15) is 5.75 Å². The molecule has 0 N–H and O–H groups in total. The second-order valence-electron chi connectivity index (χ2n) is 8.60. The molecule has 4 heteroatoms. The minimum Gasteiger partial charge on any atom is -0.497 e. The Morgan fingerprint density at radius 2 is 1.47 bits per heavy atom. The monoisotopic (exact) mass is 423 g/mol. The van der Waals surface area contributed by atoms with Crippen LogP contribution in [0.25, 0.3) is 5.57 Å². The Kier molecular flexibility index (Phi) is 7.06. The molecule has 160 valence electrons. The van der Waals surface area contributed by atoms with Gasteiger partial charge < -0.3 is 9.64 Å². The summed E-state index contributed by atoms with van der Waals surface area (Å²) in [7, 11) is 0.453. The van der Waals surface area contributed by atoms with E-state index in [1.807, 2.05) is 36.4 Å². The molecule has 2 aromatic rings. The summed E-state index contributed by atoms with van der Waals surface area (Å²) in [5.74, 6) is 1.33. The van der Waals surface area contributed by atoms with Gasteiger partial charge in [-0.1, -0.05) is 38.0 Å². The first-order chi connectivity index (χ1) is 14.7. The summed E-state index contributed by atoms with van der Waals surface area (Å²) in [6.45, 7) is 6.83. The van der Waals surface area contributed by atoms with Crippen molar-refractivity contribution in [2.45, 2.75) is 60.8 Å². The van der Waals surface area contributed by atoms with E-state index in [1.54, 1.807) is 7.11 Å². The van der Waals surface area contributed by atoms with Crippen LogP contribution >= 0.6 is 0 Å². The maximum absolute atomic E-state index is 12.9. The van der Waals surface area contributed by atoms with Crippen LogP contribution in [0.4, 0.5) is 0 Å². The SMILES string of the molecule is C=C(c1ccc([S@](=O)c2ccc(OC)cc2)cc1)C1CCN(C2CCCCC2)CC1. The lowest BCUT2D eigenvalue weighted by Crippen LogP contribution is -2.42. The summed E-state index contributed by atoms with van der Waals surface area (Å²) in [5.41, 5.74) is 2.42. The third kappa shape index (κ3) is 4.87. The van der Waals surface area contributed by atoms with Gasteiger partial charge in [-0.25, -0.2) is 4.21 Å². The van der Waals surface area contributed by atoms with Crippen molar-refractivity contribution in [2.24, 2.45) is 5.92 Å². The highest BCUT2D eigenvalue weighted by Crippen LogP contribution is 2.34. The smallest absolute Gasteiger partial charge is 0.118 e. The number of allylic oxidation sites excluding steroid dienone is 1. The Balaban J connectivity index is 1.35. The molecule has 0 radical (unpaired) electrons. The van der Waals surface area contributed by atoms with Gasteiger partial charge in [-0.2, -0.15) is 0 Å². The van der Waals surface area contributed by atoms with Gasteiger partial charge in [0.25, 0.3) is 0 Å². The molecule has 2 fully saturated rings. The lowest BCUT2D eigenvalue weighted by Gasteiger charge is -2.39. The van der Waals surface area contributed by atoms with Crippen molar-refractivity contribution >= 4 is 16.4 Å². The van der Waals surface area contributed by atoms with Crippen molar-refractivity contribution in [1.82, 2.24) is 4.90 Å². The first-order valence-corrected chi connectivity index (χ1v) is 12.4. The fourth-order valence-electron chi connectivity index (χ4n) is 4.92. The largest absolute Gasteiger partial charge is 0.497 e. The summed E-state index contributed by atoms with van der Waals surface area (Å²) in [6, 6.07) is 16.4. The Bertz CT molecular complexity index is 861. The van der Waals surface area contributed by atoms with E-state index in [0.29, 0.717) is 5.92 Å². The zero-order valence-corrected chi connectivity index (χ0v) is 18.8. The van der Waals surface area contributed by atoms with Crippen LogP contribution in [0.1, 0.15) is 50.5 Å². The highest BCUT2D eigenvalue weighted by molar-refractivity contribution is 7.85. The molecule has 1 heterocycles. The molecule has 1 saturated carbocycles. The van der Waals surface area contributed by atoms with Crippen LogP contribution in [-0.2, 0) is 10.8 Å². The van der Waals surface area contributed by atoms with Gasteiger partial charge in [0.15, 0.2) is 0 Å². The van der Waals surface area contributed by atoms with Crippen molar-refractivity contribution in [1.29, 1.82) is 0 Å². The van der Waals surface area contributed by atoms with Gasteiger partial charge in [0.2, 0.25) is 0 Å². The molecule has 1 aliphatic heterocycles. The molecule has 0 spiro atoms. The molecule has 2 aromatic carbocycles. The van der Waals surface area contributed by atoms with E-state index < -0.39 is 10.8 Å². The van der Waals surface area contributed by atoms with Crippen LogP contribution in [-0.4, -0.2) is 35.3 Å². The number of hydrogen-bond acceptors (Lipinski definition) is 3. The highest BCUT2D eigenvalue weighted by Gasteiger charge is 2.27. The maximum Gasteiger partial charge on any atom is 0.118 e. The highest BCUT2D eigenvalue weighted by atomic mass is 32.2. The number of methoxy groups -OCH3 is 1. The Morgan fingerprint density at radius 1 is 0.900 bits per heavy atom. The maximum atomic E-state index is 12.9. The van der Waals surface area contributed by atoms with Crippen LogP contribution in [0, 0.1) is 5.92 Å². The fraction of sp³-hybridized carbons (Fsp3) is 0.462. The zero-order valence-electron chi connectivity index (χ0n) is 18.0. The van der Waals surface area contributed by atoms with E-state index in [1.165, 1.54) is 69.2 Å². The molecule has 3 nitrogen and oxygen atoms in total. The van der Waals surface area contributed by atoms with Crippen LogP contribution in [0.2, 0.25) is 0 Å². The van der Waals surface area contributed by atoms with Crippen molar-refractivity contribution < 1.29 is 8.95 Å². The van der Waals surface area contributed by atoms with Crippen LogP contribution in [0.5, 0.6) is 5.75 Å². The number of hydrogen-bond donors (Lipinski definition) is 0. The standard InChI is InChI=1S/C26H33NO2S/c1-20(22-16-18-27(19-17-22)23-6-4-3-5-7-23)21-8-12-25(13-9-21)30(28)26-14-10-24(29-2)11-15-26/h8-15,22-23H,1,3-7,16-19H2,2H3/t30-/m0/s1. The molecule has 30 heavy (non-hydrogen) atoms. The minimum atomic E-state index is -1.18. The quantitative estimate of drug-likeness (QED) is 0.578. The number of nitrogens with zero attached hydrogens (tertiary/aromatic N) is 1. The average molecular weight is 424 g/mol. The molecule has 1 atom stereocenters. The summed E-state index contributed by atoms with van der Waals surface area (Å²) in [6.07, 6.45) is 9.41. The third-order valence-corrected chi connectivity index (χ3v) is 8.23. The summed E-state index contributed by atoms with van der Waals surface area (Å²) >= 11 is 0. The molecular formula is C26H33NO2S.